The molecule has 0 aliphatic heterocycles. The highest BCUT2D eigenvalue weighted by Crippen LogP contribution is 2.19. The number of guanidine groups is 1. The molecule has 1 heterocycles. The van der Waals surface area contributed by atoms with E-state index in [1.807, 2.05) is 24.4 Å². The first-order chi connectivity index (χ1) is 12.5. The number of hydrogen-bond acceptors (Lipinski definition) is 4. The van der Waals surface area contributed by atoms with Crippen LogP contribution in [0.5, 0.6) is 0 Å². The van der Waals surface area contributed by atoms with E-state index in [0.717, 1.165) is 43.5 Å². The maximum absolute atomic E-state index is 11.9. The third kappa shape index (κ3) is 8.67. The Bertz CT molecular complexity index is 526. The van der Waals surface area contributed by atoms with Gasteiger partial charge in [0.15, 0.2) is 5.96 Å². The molecule has 26 heavy (non-hydrogen) atoms. The SMILES string of the molecule is CCCC(O)(CCC)CN=C(NCC)NCCCNC(=O)c1cccs1. The molecule has 1 aromatic heterocycles. The minimum atomic E-state index is -0.722. The summed E-state index contributed by atoms with van der Waals surface area (Å²) in [6, 6.07) is 3.69. The summed E-state index contributed by atoms with van der Waals surface area (Å²) in [6.45, 7) is 8.66. The molecule has 4 N–H and O–H groups in total. The summed E-state index contributed by atoms with van der Waals surface area (Å²) in [5.41, 5.74) is -0.722. The van der Waals surface area contributed by atoms with Gasteiger partial charge < -0.3 is 21.1 Å². The first-order valence-electron chi connectivity index (χ1n) is 9.61. The highest BCUT2D eigenvalue weighted by Gasteiger charge is 2.24. The molecular weight excluding hydrogens is 348 g/mol. The van der Waals surface area contributed by atoms with Gasteiger partial charge >= 0.3 is 0 Å². The largest absolute Gasteiger partial charge is 0.388 e. The van der Waals surface area contributed by atoms with Crippen LogP contribution in [-0.4, -0.2) is 48.8 Å². The number of amides is 1. The summed E-state index contributed by atoms with van der Waals surface area (Å²) >= 11 is 1.44. The molecule has 0 aliphatic rings. The van der Waals surface area contributed by atoms with E-state index < -0.39 is 5.60 Å². The Morgan fingerprint density at radius 2 is 1.85 bits per heavy atom. The normalized spacial score (nSPS) is 12.1. The van der Waals surface area contributed by atoms with Crippen molar-refractivity contribution in [3.8, 4) is 0 Å². The van der Waals surface area contributed by atoms with Crippen molar-refractivity contribution >= 4 is 23.2 Å². The smallest absolute Gasteiger partial charge is 0.261 e. The molecule has 0 bridgehead atoms. The zero-order valence-corrected chi connectivity index (χ0v) is 17.1. The van der Waals surface area contributed by atoms with Crippen LogP contribution in [0.2, 0.25) is 0 Å². The molecular formula is C19H34N4O2S. The summed E-state index contributed by atoms with van der Waals surface area (Å²) in [4.78, 5) is 17.1. The van der Waals surface area contributed by atoms with E-state index in [1.54, 1.807) is 0 Å². The minimum absolute atomic E-state index is 0.0234. The summed E-state index contributed by atoms with van der Waals surface area (Å²) in [5.74, 6) is 0.687. The predicted molar refractivity (Wildman–Crippen MR) is 110 cm³/mol. The van der Waals surface area contributed by atoms with Crippen molar-refractivity contribution in [2.24, 2.45) is 4.99 Å². The van der Waals surface area contributed by atoms with Crippen molar-refractivity contribution in [1.82, 2.24) is 16.0 Å². The van der Waals surface area contributed by atoms with Gasteiger partial charge in [0, 0.05) is 19.6 Å². The molecule has 0 spiro atoms. The van der Waals surface area contributed by atoms with Gasteiger partial charge in [0.2, 0.25) is 0 Å². The van der Waals surface area contributed by atoms with Crippen molar-refractivity contribution < 1.29 is 9.90 Å². The van der Waals surface area contributed by atoms with E-state index in [4.69, 9.17) is 0 Å². The van der Waals surface area contributed by atoms with Gasteiger partial charge in [-0.25, -0.2) is 0 Å². The van der Waals surface area contributed by atoms with Crippen LogP contribution < -0.4 is 16.0 Å². The maximum atomic E-state index is 11.9. The fraction of sp³-hybridized carbons (Fsp3) is 0.684. The number of nitrogens with zero attached hydrogens (tertiary/aromatic N) is 1. The van der Waals surface area contributed by atoms with E-state index in [2.05, 4.69) is 34.8 Å². The lowest BCUT2D eigenvalue weighted by molar-refractivity contribution is 0.0306. The molecule has 148 valence electrons. The second-order valence-corrected chi connectivity index (χ2v) is 7.38. The van der Waals surface area contributed by atoms with E-state index in [1.165, 1.54) is 11.3 Å². The van der Waals surface area contributed by atoms with Crippen LogP contribution in [0.25, 0.3) is 0 Å². The first-order valence-corrected chi connectivity index (χ1v) is 10.5. The number of hydrogen-bond donors (Lipinski definition) is 4. The molecule has 0 saturated carbocycles. The number of aliphatic hydroxyl groups is 1. The number of carbonyl (C=O) groups excluding carboxylic acids is 1. The highest BCUT2D eigenvalue weighted by molar-refractivity contribution is 7.12. The zero-order chi connectivity index (χ0) is 19.3. The van der Waals surface area contributed by atoms with Gasteiger partial charge in [-0.2, -0.15) is 0 Å². The van der Waals surface area contributed by atoms with Crippen LogP contribution >= 0.6 is 11.3 Å². The molecule has 1 rings (SSSR count). The monoisotopic (exact) mass is 382 g/mol. The van der Waals surface area contributed by atoms with Crippen molar-refractivity contribution in [1.29, 1.82) is 0 Å². The molecule has 0 saturated heterocycles. The van der Waals surface area contributed by atoms with Crippen LogP contribution in [0.1, 0.15) is 62.5 Å². The Kier molecular flexibility index (Phi) is 11.0. The Hall–Kier alpha value is -1.60. The third-order valence-electron chi connectivity index (χ3n) is 3.98. The van der Waals surface area contributed by atoms with Crippen molar-refractivity contribution in [3.05, 3.63) is 22.4 Å². The average molecular weight is 383 g/mol. The van der Waals surface area contributed by atoms with Crippen LogP contribution in [-0.2, 0) is 0 Å². The number of rotatable bonds is 12. The lowest BCUT2D eigenvalue weighted by Crippen LogP contribution is -2.41. The van der Waals surface area contributed by atoms with E-state index >= 15 is 0 Å². The highest BCUT2D eigenvalue weighted by atomic mass is 32.1. The molecule has 6 nitrogen and oxygen atoms in total. The molecule has 1 amide bonds. The van der Waals surface area contributed by atoms with Crippen LogP contribution in [0, 0.1) is 0 Å². The molecule has 7 heteroatoms. The molecule has 0 radical (unpaired) electrons. The number of aliphatic imine (C=N–C) groups is 1. The third-order valence-corrected chi connectivity index (χ3v) is 4.85. The molecule has 0 aromatic carbocycles. The van der Waals surface area contributed by atoms with Gasteiger partial charge in [-0.3, -0.25) is 9.79 Å². The van der Waals surface area contributed by atoms with Crippen molar-refractivity contribution in [3.63, 3.8) is 0 Å². The maximum Gasteiger partial charge on any atom is 0.261 e. The van der Waals surface area contributed by atoms with Crippen molar-refractivity contribution in [2.45, 2.75) is 58.5 Å². The Morgan fingerprint density at radius 1 is 1.15 bits per heavy atom. The van der Waals surface area contributed by atoms with E-state index in [0.29, 0.717) is 25.6 Å². The fourth-order valence-electron chi connectivity index (χ4n) is 2.77. The van der Waals surface area contributed by atoms with Gasteiger partial charge in [0.05, 0.1) is 17.0 Å². The predicted octanol–water partition coefficient (Wildman–Crippen LogP) is 2.75. The minimum Gasteiger partial charge on any atom is -0.388 e. The number of nitrogens with one attached hydrogen (secondary N) is 3. The summed E-state index contributed by atoms with van der Waals surface area (Å²) in [6.07, 6.45) is 4.21. The molecule has 0 unspecified atom stereocenters. The lowest BCUT2D eigenvalue weighted by atomic mass is 9.93. The molecule has 0 aliphatic carbocycles. The van der Waals surface area contributed by atoms with E-state index in [9.17, 15) is 9.90 Å². The lowest BCUT2D eigenvalue weighted by Gasteiger charge is -2.26. The van der Waals surface area contributed by atoms with Crippen LogP contribution in [0.3, 0.4) is 0 Å². The molecule has 0 atom stereocenters. The van der Waals surface area contributed by atoms with Gasteiger partial charge in [-0.05, 0) is 37.6 Å². The summed E-state index contributed by atoms with van der Waals surface area (Å²) < 4.78 is 0. The van der Waals surface area contributed by atoms with Crippen LogP contribution in [0.15, 0.2) is 22.5 Å². The number of carbonyl (C=O) groups is 1. The van der Waals surface area contributed by atoms with Gasteiger partial charge in [0.1, 0.15) is 0 Å². The Balaban J connectivity index is 2.38. The van der Waals surface area contributed by atoms with Gasteiger partial charge in [-0.1, -0.05) is 32.8 Å². The topological polar surface area (TPSA) is 85.8 Å². The van der Waals surface area contributed by atoms with Crippen LogP contribution in [0.4, 0.5) is 0 Å². The van der Waals surface area contributed by atoms with Crippen molar-refractivity contribution in [2.75, 3.05) is 26.2 Å². The standard InChI is InChI=1S/C19H34N4O2S/c1-4-10-19(25,11-5-2)15-23-18(20-6-3)22-13-8-12-21-17(24)16-9-7-14-26-16/h7,9,14,25H,4-6,8,10-13,15H2,1-3H3,(H,21,24)(H2,20,22,23). The Morgan fingerprint density at radius 3 is 2.42 bits per heavy atom. The van der Waals surface area contributed by atoms with E-state index in [-0.39, 0.29) is 5.91 Å². The summed E-state index contributed by atoms with van der Waals surface area (Å²) in [5, 5.41) is 22.0. The van der Waals surface area contributed by atoms with Gasteiger partial charge in [0.25, 0.3) is 5.91 Å². The molecule has 0 fully saturated rings. The molecule has 1 aromatic rings. The number of thiophene rings is 1. The Labute approximate surface area is 161 Å². The van der Waals surface area contributed by atoms with Gasteiger partial charge in [-0.15, -0.1) is 11.3 Å². The second kappa shape index (κ2) is 12.7. The zero-order valence-electron chi connectivity index (χ0n) is 16.3. The average Bonchev–Trinajstić information content (AvgIpc) is 3.14. The first kappa shape index (κ1) is 22.4. The quantitative estimate of drug-likeness (QED) is 0.254. The fourth-order valence-corrected chi connectivity index (χ4v) is 3.41. The second-order valence-electron chi connectivity index (χ2n) is 6.43. The summed E-state index contributed by atoms with van der Waals surface area (Å²) in [7, 11) is 0.